The average Bonchev–Trinajstić information content (AvgIpc) is 3.31. The molecule has 0 bridgehead atoms. The first kappa shape index (κ1) is 26.9. The zero-order chi connectivity index (χ0) is 26.0. The van der Waals surface area contributed by atoms with E-state index in [1.165, 1.54) is 0 Å². The van der Waals surface area contributed by atoms with Crippen LogP contribution in [0.5, 0.6) is 0 Å². The number of fused-ring (bicyclic) bond motifs is 1. The van der Waals surface area contributed by atoms with E-state index in [2.05, 4.69) is 0 Å². The highest BCUT2D eigenvalue weighted by Crippen LogP contribution is 2.25. The van der Waals surface area contributed by atoms with Gasteiger partial charge in [-0.25, -0.2) is 0 Å². The summed E-state index contributed by atoms with van der Waals surface area (Å²) in [5.41, 5.74) is 3.42. The molecule has 0 saturated carbocycles. The molecule has 0 unspecified atom stereocenters. The first-order valence-corrected chi connectivity index (χ1v) is 13.6. The van der Waals surface area contributed by atoms with Gasteiger partial charge in [0, 0.05) is 57.5 Å². The van der Waals surface area contributed by atoms with Gasteiger partial charge in [0.05, 0.1) is 0 Å². The van der Waals surface area contributed by atoms with Crippen molar-refractivity contribution in [1.82, 2.24) is 9.80 Å². The molecule has 1 fully saturated rings. The van der Waals surface area contributed by atoms with Gasteiger partial charge in [-0.2, -0.15) is 0 Å². The number of rotatable bonds is 5. The van der Waals surface area contributed by atoms with Gasteiger partial charge in [0.15, 0.2) is 0 Å². The van der Waals surface area contributed by atoms with Crippen LogP contribution >= 0.6 is 0 Å². The van der Waals surface area contributed by atoms with Gasteiger partial charge in [0.25, 0.3) is 11.8 Å². The Morgan fingerprint density at radius 2 is 1.62 bits per heavy atom. The molecule has 2 aliphatic rings. The smallest absolute Gasteiger partial charge is 0.254 e. The van der Waals surface area contributed by atoms with Crippen LogP contribution in [0.4, 0.5) is 5.69 Å². The van der Waals surface area contributed by atoms with Crippen LogP contribution < -0.4 is 4.90 Å². The SMILES string of the molecule is COCC(=O)N1CCCCCCCCN(C(=O)c2cccc(CN3CCCC3=O)c2)Cc2ccccc21. The molecule has 0 spiro atoms. The number of hydrogen-bond acceptors (Lipinski definition) is 4. The molecule has 2 aromatic carbocycles. The summed E-state index contributed by atoms with van der Waals surface area (Å²) in [6, 6.07) is 15.6. The van der Waals surface area contributed by atoms with Crippen molar-refractivity contribution in [3.05, 3.63) is 65.2 Å². The summed E-state index contributed by atoms with van der Waals surface area (Å²) in [7, 11) is 1.54. The third-order valence-corrected chi connectivity index (χ3v) is 7.28. The van der Waals surface area contributed by atoms with E-state index in [0.29, 0.717) is 38.2 Å². The molecule has 0 atom stereocenters. The molecule has 4 rings (SSSR count). The zero-order valence-corrected chi connectivity index (χ0v) is 22.0. The van der Waals surface area contributed by atoms with Gasteiger partial charge < -0.3 is 19.4 Å². The van der Waals surface area contributed by atoms with Crippen LogP contribution in [0.2, 0.25) is 0 Å². The number of anilines is 1. The van der Waals surface area contributed by atoms with Crippen molar-refractivity contribution in [3.8, 4) is 0 Å². The number of likely N-dealkylation sites (tertiary alicyclic amines) is 1. The average molecular weight is 506 g/mol. The lowest BCUT2D eigenvalue weighted by atomic mass is 10.1. The molecule has 37 heavy (non-hydrogen) atoms. The molecule has 2 aliphatic heterocycles. The molecule has 1 saturated heterocycles. The van der Waals surface area contributed by atoms with E-state index >= 15 is 0 Å². The molecule has 7 nitrogen and oxygen atoms in total. The summed E-state index contributed by atoms with van der Waals surface area (Å²) in [6.07, 6.45) is 7.80. The van der Waals surface area contributed by atoms with E-state index in [4.69, 9.17) is 4.74 Å². The second-order valence-electron chi connectivity index (χ2n) is 10.1. The van der Waals surface area contributed by atoms with Crippen LogP contribution in [-0.2, 0) is 27.4 Å². The standard InChI is InChI=1S/C30H39N3O4/c1-37-23-29(35)33-19-9-5-3-2-4-8-17-32(22-26-13-6-7-15-27(26)33)30(36)25-14-10-12-24(20-25)21-31-18-11-16-28(31)34/h6-7,10,12-15,20H,2-5,8-9,11,16-19,21-23H2,1H3. The zero-order valence-electron chi connectivity index (χ0n) is 22.0. The number of carbonyl (C=O) groups is 3. The van der Waals surface area contributed by atoms with Crippen LogP contribution in [-0.4, -0.2) is 60.9 Å². The molecule has 7 heteroatoms. The van der Waals surface area contributed by atoms with Crippen molar-refractivity contribution in [2.45, 2.75) is 64.5 Å². The minimum absolute atomic E-state index is 0.0194. The van der Waals surface area contributed by atoms with Crippen LogP contribution in [0.25, 0.3) is 0 Å². The van der Waals surface area contributed by atoms with E-state index in [1.54, 1.807) is 7.11 Å². The predicted octanol–water partition coefficient (Wildman–Crippen LogP) is 4.79. The fourth-order valence-corrected chi connectivity index (χ4v) is 5.30. The molecule has 0 aromatic heterocycles. The highest BCUT2D eigenvalue weighted by Gasteiger charge is 2.24. The topological polar surface area (TPSA) is 70.2 Å². The molecule has 198 valence electrons. The van der Waals surface area contributed by atoms with Crippen molar-refractivity contribution in [2.24, 2.45) is 0 Å². The number of amides is 3. The molecule has 2 aromatic rings. The van der Waals surface area contributed by atoms with Crippen molar-refractivity contribution in [2.75, 3.05) is 38.3 Å². The van der Waals surface area contributed by atoms with E-state index in [0.717, 1.165) is 68.3 Å². The number of para-hydroxylation sites is 1. The van der Waals surface area contributed by atoms with Gasteiger partial charge in [-0.05, 0) is 48.6 Å². The summed E-state index contributed by atoms with van der Waals surface area (Å²) < 4.78 is 5.17. The molecule has 3 amide bonds. The highest BCUT2D eigenvalue weighted by molar-refractivity contribution is 5.96. The van der Waals surface area contributed by atoms with Crippen LogP contribution in [0.1, 0.15) is 72.9 Å². The number of carbonyl (C=O) groups excluding carboxylic acids is 3. The lowest BCUT2D eigenvalue weighted by Gasteiger charge is -2.28. The van der Waals surface area contributed by atoms with E-state index < -0.39 is 0 Å². The molecular formula is C30H39N3O4. The number of ether oxygens (including phenoxy) is 1. The fraction of sp³-hybridized carbons (Fsp3) is 0.500. The number of hydrogen-bond donors (Lipinski definition) is 0. The molecule has 0 N–H and O–H groups in total. The van der Waals surface area contributed by atoms with Gasteiger partial charge in [0.2, 0.25) is 5.91 Å². The third-order valence-electron chi connectivity index (χ3n) is 7.28. The lowest BCUT2D eigenvalue weighted by molar-refractivity contribution is -0.128. The Morgan fingerprint density at radius 3 is 2.38 bits per heavy atom. The number of nitrogens with zero attached hydrogens (tertiary/aromatic N) is 3. The van der Waals surface area contributed by atoms with Crippen molar-refractivity contribution >= 4 is 23.4 Å². The Balaban J connectivity index is 1.59. The lowest BCUT2D eigenvalue weighted by Crippen LogP contribution is -2.37. The predicted molar refractivity (Wildman–Crippen MR) is 144 cm³/mol. The summed E-state index contributed by atoms with van der Waals surface area (Å²) in [4.78, 5) is 44.5. The monoisotopic (exact) mass is 505 g/mol. The minimum Gasteiger partial charge on any atom is -0.375 e. The maximum atomic E-state index is 13.8. The van der Waals surface area contributed by atoms with Crippen LogP contribution in [0, 0.1) is 0 Å². The number of benzene rings is 2. The van der Waals surface area contributed by atoms with Gasteiger partial charge in [0.1, 0.15) is 6.61 Å². The molecule has 0 aliphatic carbocycles. The molecule has 2 heterocycles. The second-order valence-corrected chi connectivity index (χ2v) is 10.1. The first-order valence-electron chi connectivity index (χ1n) is 13.6. The Bertz CT molecular complexity index is 1090. The minimum atomic E-state index is -0.0631. The normalized spacial score (nSPS) is 17.5. The Kier molecular flexibility index (Phi) is 9.71. The summed E-state index contributed by atoms with van der Waals surface area (Å²) in [5.74, 6) is 0.0980. The van der Waals surface area contributed by atoms with E-state index in [9.17, 15) is 14.4 Å². The van der Waals surface area contributed by atoms with Gasteiger partial charge >= 0.3 is 0 Å². The Morgan fingerprint density at radius 1 is 0.865 bits per heavy atom. The fourth-order valence-electron chi connectivity index (χ4n) is 5.30. The highest BCUT2D eigenvalue weighted by atomic mass is 16.5. The van der Waals surface area contributed by atoms with Crippen molar-refractivity contribution in [1.29, 1.82) is 0 Å². The Hall–Kier alpha value is -3.19. The maximum Gasteiger partial charge on any atom is 0.254 e. The van der Waals surface area contributed by atoms with E-state index in [-0.39, 0.29) is 24.3 Å². The number of methoxy groups -OCH3 is 1. The van der Waals surface area contributed by atoms with Crippen molar-refractivity contribution in [3.63, 3.8) is 0 Å². The summed E-state index contributed by atoms with van der Waals surface area (Å²) >= 11 is 0. The van der Waals surface area contributed by atoms with Gasteiger partial charge in [-0.3, -0.25) is 14.4 Å². The summed E-state index contributed by atoms with van der Waals surface area (Å²) in [5, 5.41) is 0. The van der Waals surface area contributed by atoms with Gasteiger partial charge in [-0.1, -0.05) is 56.0 Å². The van der Waals surface area contributed by atoms with Crippen LogP contribution in [0.3, 0.4) is 0 Å². The largest absolute Gasteiger partial charge is 0.375 e. The second kappa shape index (κ2) is 13.4. The maximum absolute atomic E-state index is 13.8. The van der Waals surface area contributed by atoms with E-state index in [1.807, 2.05) is 63.2 Å². The Labute approximate surface area is 220 Å². The van der Waals surface area contributed by atoms with Gasteiger partial charge in [-0.15, -0.1) is 0 Å². The third kappa shape index (κ3) is 7.19. The summed E-state index contributed by atoms with van der Waals surface area (Å²) in [6.45, 7) is 3.08. The van der Waals surface area contributed by atoms with Crippen LogP contribution in [0.15, 0.2) is 48.5 Å². The molecular weight excluding hydrogens is 466 g/mol. The van der Waals surface area contributed by atoms with Crippen molar-refractivity contribution < 1.29 is 19.1 Å². The first-order chi connectivity index (χ1) is 18.1. The molecule has 0 radical (unpaired) electrons. The quantitative estimate of drug-likeness (QED) is 0.586.